The highest BCUT2D eigenvalue weighted by atomic mass is 32.2. The summed E-state index contributed by atoms with van der Waals surface area (Å²) in [4.78, 5) is 37.1. The number of H-pyrrole nitrogens is 1. The van der Waals surface area contributed by atoms with Crippen molar-refractivity contribution in [2.45, 2.75) is 50.7 Å². The summed E-state index contributed by atoms with van der Waals surface area (Å²) in [5.41, 5.74) is 2.01. The summed E-state index contributed by atoms with van der Waals surface area (Å²) >= 11 is 3.06. The second kappa shape index (κ2) is 9.04. The van der Waals surface area contributed by atoms with E-state index in [-0.39, 0.29) is 22.8 Å². The Balaban J connectivity index is 1.46. The van der Waals surface area contributed by atoms with E-state index < -0.39 is 0 Å². The van der Waals surface area contributed by atoms with Crippen molar-refractivity contribution in [2.24, 2.45) is 0 Å². The predicted molar refractivity (Wildman–Crippen MR) is 127 cm³/mol. The van der Waals surface area contributed by atoms with Crippen molar-refractivity contribution < 1.29 is 9.53 Å². The fraction of sp³-hybridized carbons (Fsp3) is 0.435. The first-order valence-corrected chi connectivity index (χ1v) is 12.3. The summed E-state index contributed by atoms with van der Waals surface area (Å²) in [5, 5.41) is 0.456. The third kappa shape index (κ3) is 4.36. The summed E-state index contributed by atoms with van der Waals surface area (Å²) in [6, 6.07) is 8.05. The standard InChI is InChI=1S/C23H27N3O3S2/c1-13-14(2)31-22-20(13)21(27)24-19(25-22)12-30-15(3)23(28)26-10-6-9-18(26)16-7-5-8-17(11-16)29-4/h5,7-8,11,15,18H,6,9-10,12H2,1-4H3,(H,24,25,27). The number of benzene rings is 1. The molecule has 2 unspecified atom stereocenters. The maximum Gasteiger partial charge on any atom is 0.259 e. The minimum atomic E-state index is -0.223. The molecule has 8 heteroatoms. The molecule has 0 saturated carbocycles. The van der Waals surface area contributed by atoms with Crippen molar-refractivity contribution in [3.8, 4) is 5.75 Å². The first-order chi connectivity index (χ1) is 14.9. The number of carbonyl (C=O) groups is 1. The smallest absolute Gasteiger partial charge is 0.259 e. The zero-order valence-electron chi connectivity index (χ0n) is 18.2. The number of thioether (sulfide) groups is 1. The van der Waals surface area contributed by atoms with Crippen LogP contribution in [-0.2, 0) is 10.5 Å². The molecule has 0 spiro atoms. The average Bonchev–Trinajstić information content (AvgIpc) is 3.36. The molecule has 1 aliphatic heterocycles. The summed E-state index contributed by atoms with van der Waals surface area (Å²) < 4.78 is 5.35. The molecule has 31 heavy (non-hydrogen) atoms. The third-order valence-electron chi connectivity index (χ3n) is 5.92. The molecule has 1 aliphatic rings. The molecule has 4 rings (SSSR count). The zero-order valence-corrected chi connectivity index (χ0v) is 19.9. The Morgan fingerprint density at radius 2 is 2.23 bits per heavy atom. The number of aromatic amines is 1. The van der Waals surface area contributed by atoms with Crippen LogP contribution < -0.4 is 10.3 Å². The summed E-state index contributed by atoms with van der Waals surface area (Å²) in [7, 11) is 1.66. The van der Waals surface area contributed by atoms with Gasteiger partial charge in [-0.3, -0.25) is 9.59 Å². The maximum absolute atomic E-state index is 13.2. The van der Waals surface area contributed by atoms with Gasteiger partial charge in [-0.2, -0.15) is 0 Å². The van der Waals surface area contributed by atoms with Crippen LogP contribution in [0.5, 0.6) is 5.75 Å². The Morgan fingerprint density at radius 3 is 3.00 bits per heavy atom. The molecule has 0 radical (unpaired) electrons. The van der Waals surface area contributed by atoms with E-state index in [2.05, 4.69) is 16.0 Å². The molecule has 0 bridgehead atoms. The van der Waals surface area contributed by atoms with Gasteiger partial charge in [0.25, 0.3) is 5.56 Å². The minimum Gasteiger partial charge on any atom is -0.497 e. The Morgan fingerprint density at radius 1 is 1.42 bits per heavy atom. The van der Waals surface area contributed by atoms with Crippen LogP contribution in [0.2, 0.25) is 0 Å². The van der Waals surface area contributed by atoms with Gasteiger partial charge in [-0.15, -0.1) is 23.1 Å². The monoisotopic (exact) mass is 457 g/mol. The number of hydrogen-bond donors (Lipinski definition) is 1. The van der Waals surface area contributed by atoms with Crippen LogP contribution in [0.15, 0.2) is 29.1 Å². The number of nitrogens with zero attached hydrogens (tertiary/aromatic N) is 2. The number of rotatable bonds is 6. The molecule has 1 aromatic carbocycles. The van der Waals surface area contributed by atoms with E-state index in [1.54, 1.807) is 18.4 Å². The Hall–Kier alpha value is -2.32. The molecule has 2 aromatic heterocycles. The van der Waals surface area contributed by atoms with Gasteiger partial charge < -0.3 is 14.6 Å². The van der Waals surface area contributed by atoms with Crippen LogP contribution >= 0.6 is 23.1 Å². The van der Waals surface area contributed by atoms with E-state index in [1.807, 2.05) is 43.9 Å². The number of nitrogens with one attached hydrogen (secondary N) is 1. The number of hydrogen-bond acceptors (Lipinski definition) is 6. The summed E-state index contributed by atoms with van der Waals surface area (Å²) in [6.07, 6.45) is 1.95. The molecular formula is C23H27N3O3S2. The Bertz CT molecular complexity index is 1170. The molecule has 6 nitrogen and oxygen atoms in total. The van der Waals surface area contributed by atoms with Crippen molar-refractivity contribution in [2.75, 3.05) is 13.7 Å². The number of ether oxygens (including phenoxy) is 1. The van der Waals surface area contributed by atoms with E-state index in [4.69, 9.17) is 4.74 Å². The summed E-state index contributed by atoms with van der Waals surface area (Å²) in [6.45, 7) is 6.66. The molecular weight excluding hydrogens is 430 g/mol. The number of fused-ring (bicyclic) bond motifs is 1. The van der Waals surface area contributed by atoms with E-state index in [9.17, 15) is 9.59 Å². The van der Waals surface area contributed by atoms with Crippen LogP contribution in [-0.4, -0.2) is 39.7 Å². The largest absolute Gasteiger partial charge is 0.497 e. The second-order valence-electron chi connectivity index (χ2n) is 7.90. The third-order valence-corrected chi connectivity index (χ3v) is 8.16. The van der Waals surface area contributed by atoms with E-state index >= 15 is 0 Å². The lowest BCUT2D eigenvalue weighted by atomic mass is 10.0. The van der Waals surface area contributed by atoms with Gasteiger partial charge in [0, 0.05) is 11.4 Å². The van der Waals surface area contributed by atoms with Gasteiger partial charge >= 0.3 is 0 Å². The number of aromatic nitrogens is 2. The lowest BCUT2D eigenvalue weighted by Crippen LogP contribution is -2.36. The highest BCUT2D eigenvalue weighted by molar-refractivity contribution is 7.99. The Kier molecular flexibility index (Phi) is 6.39. The molecule has 2 atom stereocenters. The normalized spacial score (nSPS) is 17.3. The second-order valence-corrected chi connectivity index (χ2v) is 10.4. The van der Waals surface area contributed by atoms with Crippen molar-refractivity contribution in [3.63, 3.8) is 0 Å². The van der Waals surface area contributed by atoms with Gasteiger partial charge in [-0.05, 0) is 56.9 Å². The number of amides is 1. The van der Waals surface area contributed by atoms with Gasteiger partial charge in [0.15, 0.2) is 0 Å². The molecule has 1 saturated heterocycles. The molecule has 1 amide bonds. The zero-order chi connectivity index (χ0) is 22.1. The van der Waals surface area contributed by atoms with Gasteiger partial charge in [-0.25, -0.2) is 4.98 Å². The van der Waals surface area contributed by atoms with Crippen LogP contribution in [0, 0.1) is 13.8 Å². The minimum absolute atomic E-state index is 0.0806. The van der Waals surface area contributed by atoms with Crippen LogP contribution in [0.1, 0.15) is 47.6 Å². The first-order valence-electron chi connectivity index (χ1n) is 10.4. The Labute approximate surface area is 190 Å². The van der Waals surface area contributed by atoms with Gasteiger partial charge in [0.05, 0.1) is 29.5 Å². The fourth-order valence-corrected chi connectivity index (χ4v) is 5.97. The van der Waals surface area contributed by atoms with E-state index in [0.717, 1.165) is 46.0 Å². The van der Waals surface area contributed by atoms with Gasteiger partial charge in [0.2, 0.25) is 5.91 Å². The molecule has 3 aromatic rings. The molecule has 1 N–H and O–H groups in total. The van der Waals surface area contributed by atoms with Gasteiger partial charge in [0.1, 0.15) is 16.4 Å². The molecule has 1 fully saturated rings. The number of carbonyl (C=O) groups excluding carboxylic acids is 1. The molecule has 164 valence electrons. The van der Waals surface area contributed by atoms with Crippen molar-refractivity contribution >= 4 is 39.2 Å². The SMILES string of the molecule is COc1cccc(C2CCCN2C(=O)C(C)SCc2nc3sc(C)c(C)c3c(=O)[nH]2)c1. The molecule has 3 heterocycles. The number of methoxy groups -OCH3 is 1. The number of thiophene rings is 1. The van der Waals surface area contributed by atoms with Crippen LogP contribution in [0.3, 0.4) is 0 Å². The average molecular weight is 458 g/mol. The topological polar surface area (TPSA) is 75.3 Å². The van der Waals surface area contributed by atoms with Crippen LogP contribution in [0.25, 0.3) is 10.2 Å². The van der Waals surface area contributed by atoms with Crippen LogP contribution in [0.4, 0.5) is 0 Å². The first kappa shape index (κ1) is 21.9. The van der Waals surface area contributed by atoms with Crippen molar-refractivity contribution in [3.05, 3.63) is 56.4 Å². The number of aryl methyl sites for hydroxylation is 2. The highest BCUT2D eigenvalue weighted by Crippen LogP contribution is 2.35. The highest BCUT2D eigenvalue weighted by Gasteiger charge is 2.32. The fourth-order valence-electron chi connectivity index (χ4n) is 4.10. The summed E-state index contributed by atoms with van der Waals surface area (Å²) in [5.74, 6) is 2.05. The van der Waals surface area contributed by atoms with Crippen molar-refractivity contribution in [1.29, 1.82) is 0 Å². The maximum atomic E-state index is 13.2. The predicted octanol–water partition coefficient (Wildman–Crippen LogP) is 4.60. The lowest BCUT2D eigenvalue weighted by Gasteiger charge is -2.28. The molecule has 0 aliphatic carbocycles. The van der Waals surface area contributed by atoms with E-state index in [1.165, 1.54) is 11.8 Å². The van der Waals surface area contributed by atoms with Gasteiger partial charge in [-0.1, -0.05) is 12.1 Å². The van der Waals surface area contributed by atoms with E-state index in [0.29, 0.717) is 17.0 Å². The van der Waals surface area contributed by atoms with Crippen molar-refractivity contribution in [1.82, 2.24) is 14.9 Å². The number of likely N-dealkylation sites (tertiary alicyclic amines) is 1. The lowest BCUT2D eigenvalue weighted by molar-refractivity contribution is -0.131. The quantitative estimate of drug-likeness (QED) is 0.586.